The van der Waals surface area contributed by atoms with Gasteiger partial charge in [0.2, 0.25) is 0 Å². The molecule has 0 aliphatic carbocycles. The molecule has 0 spiro atoms. The average molecular weight is 329 g/mol. The Labute approximate surface area is 141 Å². The van der Waals surface area contributed by atoms with Gasteiger partial charge in [0, 0.05) is 32.5 Å². The fourth-order valence-corrected chi connectivity index (χ4v) is 3.46. The van der Waals surface area contributed by atoms with Crippen molar-refractivity contribution in [1.29, 1.82) is 5.41 Å². The van der Waals surface area contributed by atoms with Crippen molar-refractivity contribution in [2.24, 2.45) is 5.92 Å². The van der Waals surface area contributed by atoms with Crippen LogP contribution in [0.15, 0.2) is 18.5 Å². The number of guanidine groups is 1. The third-order valence-electron chi connectivity index (χ3n) is 4.92. The van der Waals surface area contributed by atoms with E-state index >= 15 is 0 Å². The molecule has 7 nitrogen and oxygen atoms in total. The number of amides is 2. The average Bonchev–Trinajstić information content (AvgIpc) is 2.82. The molecule has 2 fully saturated rings. The van der Waals surface area contributed by atoms with Gasteiger partial charge in [-0.1, -0.05) is 0 Å². The summed E-state index contributed by atoms with van der Waals surface area (Å²) in [4.78, 5) is 32.1. The largest absolute Gasteiger partial charge is 0.344 e. The van der Waals surface area contributed by atoms with Crippen molar-refractivity contribution in [1.82, 2.24) is 20.1 Å². The van der Waals surface area contributed by atoms with Gasteiger partial charge in [-0.25, -0.2) is 0 Å². The normalized spacial score (nSPS) is 24.2. The maximum atomic E-state index is 12.7. The van der Waals surface area contributed by atoms with E-state index in [1.54, 1.807) is 19.4 Å². The first-order valence-corrected chi connectivity index (χ1v) is 8.30. The number of hydrogen-bond acceptors (Lipinski definition) is 4. The molecule has 2 amide bonds. The zero-order valence-electron chi connectivity index (χ0n) is 14.1. The predicted molar refractivity (Wildman–Crippen MR) is 89.6 cm³/mol. The maximum Gasteiger partial charge on any atom is 0.255 e. The summed E-state index contributed by atoms with van der Waals surface area (Å²) in [5.41, 5.74) is 1.58. The minimum absolute atomic E-state index is 0.0147. The number of pyridine rings is 1. The van der Waals surface area contributed by atoms with Crippen LogP contribution in [-0.4, -0.2) is 58.7 Å². The van der Waals surface area contributed by atoms with Gasteiger partial charge in [0.15, 0.2) is 5.96 Å². The molecule has 2 saturated heterocycles. The Morgan fingerprint density at radius 2 is 2.29 bits per heavy atom. The molecule has 1 unspecified atom stereocenters. The van der Waals surface area contributed by atoms with Gasteiger partial charge < -0.3 is 10.2 Å². The van der Waals surface area contributed by atoms with Crippen LogP contribution >= 0.6 is 0 Å². The maximum absolute atomic E-state index is 12.7. The van der Waals surface area contributed by atoms with Gasteiger partial charge >= 0.3 is 0 Å². The monoisotopic (exact) mass is 329 g/mol. The topological polar surface area (TPSA) is 89.4 Å². The second-order valence-corrected chi connectivity index (χ2v) is 6.63. The molecule has 2 atom stereocenters. The van der Waals surface area contributed by atoms with Gasteiger partial charge in [-0.05, 0) is 43.7 Å². The first kappa shape index (κ1) is 16.4. The molecule has 0 bridgehead atoms. The summed E-state index contributed by atoms with van der Waals surface area (Å²) in [5, 5.41) is 10.6. The lowest BCUT2D eigenvalue weighted by Gasteiger charge is -2.33. The van der Waals surface area contributed by atoms with Crippen LogP contribution in [0.2, 0.25) is 0 Å². The molecule has 2 aliphatic rings. The lowest BCUT2D eigenvalue weighted by Crippen LogP contribution is -2.42. The summed E-state index contributed by atoms with van der Waals surface area (Å²) in [6.45, 7) is 3.31. The van der Waals surface area contributed by atoms with Crippen LogP contribution in [0.5, 0.6) is 0 Å². The smallest absolute Gasteiger partial charge is 0.255 e. The fraction of sp³-hybridized carbons (Fsp3) is 0.529. The van der Waals surface area contributed by atoms with Crippen LogP contribution in [0.1, 0.15) is 35.2 Å². The van der Waals surface area contributed by atoms with E-state index in [-0.39, 0.29) is 29.7 Å². The molecule has 7 heteroatoms. The molecule has 3 heterocycles. The minimum Gasteiger partial charge on any atom is -0.344 e. The van der Waals surface area contributed by atoms with Gasteiger partial charge in [0.05, 0.1) is 5.56 Å². The predicted octanol–water partition coefficient (Wildman–Crippen LogP) is 0.997. The van der Waals surface area contributed by atoms with E-state index in [0.717, 1.165) is 24.9 Å². The molecule has 1 aromatic heterocycles. The van der Waals surface area contributed by atoms with E-state index in [9.17, 15) is 9.59 Å². The number of carbonyl (C=O) groups is 2. The summed E-state index contributed by atoms with van der Waals surface area (Å²) in [6.07, 6.45) is 5.90. The Morgan fingerprint density at radius 3 is 2.96 bits per heavy atom. The Bertz CT molecular complexity index is 675. The number of nitrogens with one attached hydrogen (secondary N) is 2. The molecule has 0 radical (unpaired) electrons. The number of aryl methyl sites for hydroxylation is 1. The Hall–Kier alpha value is -2.44. The molecule has 2 N–H and O–H groups in total. The number of likely N-dealkylation sites (N-methyl/N-ethyl adjacent to an activating group) is 1. The third kappa shape index (κ3) is 3.11. The summed E-state index contributed by atoms with van der Waals surface area (Å²) < 4.78 is 0. The van der Waals surface area contributed by atoms with Crippen molar-refractivity contribution in [2.75, 3.05) is 20.1 Å². The van der Waals surface area contributed by atoms with Gasteiger partial charge in [-0.15, -0.1) is 0 Å². The zero-order valence-corrected chi connectivity index (χ0v) is 14.1. The lowest BCUT2D eigenvalue weighted by molar-refractivity contribution is -0.126. The van der Waals surface area contributed by atoms with Crippen molar-refractivity contribution in [3.05, 3.63) is 29.6 Å². The summed E-state index contributed by atoms with van der Waals surface area (Å²) in [6, 6.07) is 1.50. The summed E-state index contributed by atoms with van der Waals surface area (Å²) in [7, 11) is 1.61. The van der Waals surface area contributed by atoms with E-state index in [1.165, 1.54) is 4.90 Å². The number of hydrogen-bond donors (Lipinski definition) is 2. The van der Waals surface area contributed by atoms with Crippen LogP contribution in [0, 0.1) is 18.3 Å². The second-order valence-electron chi connectivity index (χ2n) is 6.63. The number of likely N-dealkylation sites (tertiary alicyclic amines) is 1. The number of nitrogens with zero attached hydrogens (tertiary/aromatic N) is 3. The van der Waals surface area contributed by atoms with E-state index < -0.39 is 0 Å². The van der Waals surface area contributed by atoms with Crippen molar-refractivity contribution in [3.8, 4) is 0 Å². The van der Waals surface area contributed by atoms with Crippen LogP contribution in [0.4, 0.5) is 0 Å². The summed E-state index contributed by atoms with van der Waals surface area (Å²) >= 11 is 0. The number of carbonyl (C=O) groups excluding carboxylic acids is 2. The van der Waals surface area contributed by atoms with Crippen LogP contribution in [0.3, 0.4) is 0 Å². The van der Waals surface area contributed by atoms with Crippen LogP contribution in [0.25, 0.3) is 0 Å². The third-order valence-corrected chi connectivity index (χ3v) is 4.92. The quantitative estimate of drug-likeness (QED) is 0.866. The van der Waals surface area contributed by atoms with Crippen LogP contribution in [-0.2, 0) is 4.79 Å². The summed E-state index contributed by atoms with van der Waals surface area (Å²) in [5.74, 6) is 0.368. The molecule has 24 heavy (non-hydrogen) atoms. The molecule has 1 aromatic rings. The van der Waals surface area contributed by atoms with E-state index in [0.29, 0.717) is 18.5 Å². The number of aromatic nitrogens is 1. The standard InChI is InChI=1S/C17H23N5O2/c1-11-5-6-19-9-13(11)15(23)22-7-3-4-12(10-22)8-14-16(24)21(2)17(18)20-14/h5-6,9,12,14H,3-4,7-8,10H2,1-2H3,(H2,18,20)/t12?,14-/m0/s1. The van der Waals surface area contributed by atoms with E-state index in [1.807, 2.05) is 17.9 Å². The number of rotatable bonds is 3. The Balaban J connectivity index is 1.65. The highest BCUT2D eigenvalue weighted by Gasteiger charge is 2.36. The first-order valence-electron chi connectivity index (χ1n) is 8.30. The fourth-order valence-electron chi connectivity index (χ4n) is 3.46. The molecular weight excluding hydrogens is 306 g/mol. The van der Waals surface area contributed by atoms with Crippen molar-refractivity contribution >= 4 is 17.8 Å². The minimum atomic E-state index is -0.345. The van der Waals surface area contributed by atoms with Gasteiger partial charge in [0.1, 0.15) is 6.04 Å². The lowest BCUT2D eigenvalue weighted by atomic mass is 9.91. The molecule has 3 rings (SSSR count). The Kier molecular flexibility index (Phi) is 4.51. The Morgan fingerprint density at radius 1 is 1.50 bits per heavy atom. The highest BCUT2D eigenvalue weighted by atomic mass is 16.2. The van der Waals surface area contributed by atoms with Crippen molar-refractivity contribution < 1.29 is 9.59 Å². The SMILES string of the molecule is Cc1ccncc1C(=O)N1CCCC(C[C@@H]2NC(=N)N(C)C2=O)C1. The van der Waals surface area contributed by atoms with Gasteiger partial charge in [-0.3, -0.25) is 24.9 Å². The molecule has 0 saturated carbocycles. The van der Waals surface area contributed by atoms with Gasteiger partial charge in [0.25, 0.3) is 11.8 Å². The van der Waals surface area contributed by atoms with E-state index in [2.05, 4.69) is 10.3 Å². The van der Waals surface area contributed by atoms with E-state index in [4.69, 9.17) is 5.41 Å². The second kappa shape index (κ2) is 6.59. The van der Waals surface area contributed by atoms with Crippen LogP contribution < -0.4 is 5.32 Å². The zero-order chi connectivity index (χ0) is 17.3. The van der Waals surface area contributed by atoms with Crippen molar-refractivity contribution in [3.63, 3.8) is 0 Å². The number of piperidine rings is 1. The molecule has 128 valence electrons. The molecule has 2 aliphatic heterocycles. The van der Waals surface area contributed by atoms with Gasteiger partial charge in [-0.2, -0.15) is 0 Å². The highest BCUT2D eigenvalue weighted by molar-refractivity contribution is 6.04. The first-order chi connectivity index (χ1) is 11.5. The highest BCUT2D eigenvalue weighted by Crippen LogP contribution is 2.24. The molecular formula is C17H23N5O2. The van der Waals surface area contributed by atoms with Crippen molar-refractivity contribution in [2.45, 2.75) is 32.2 Å². The molecule has 0 aromatic carbocycles.